The number of rotatable bonds is 5. The molecule has 0 amide bonds. The second kappa shape index (κ2) is 9.70. The fourth-order valence-electron chi connectivity index (χ4n) is 0.712. The van der Waals surface area contributed by atoms with Crippen molar-refractivity contribution >= 4 is 12.4 Å². The number of hydrogen-bond donors (Lipinski definition) is 1. The summed E-state index contributed by atoms with van der Waals surface area (Å²) < 4.78 is 4.92. The van der Waals surface area contributed by atoms with E-state index in [1.54, 1.807) is 7.11 Å². The fraction of sp³-hybridized carbons (Fsp3) is 0.857. The number of halogens is 1. The predicted molar refractivity (Wildman–Crippen MR) is 46.8 cm³/mol. The molecule has 1 N–H and O–H groups in total. The van der Waals surface area contributed by atoms with E-state index >= 15 is 0 Å². The highest BCUT2D eigenvalue weighted by molar-refractivity contribution is 5.85. The first-order valence-corrected chi connectivity index (χ1v) is 3.44. The van der Waals surface area contributed by atoms with Crippen LogP contribution in [0.1, 0.15) is 13.3 Å². The Hall–Kier alpha value is -0.300. The van der Waals surface area contributed by atoms with Crippen molar-refractivity contribution in [3.63, 3.8) is 0 Å². The monoisotopic (exact) mass is 178 g/mol. The van der Waals surface area contributed by atoms with E-state index in [-0.39, 0.29) is 12.4 Å². The van der Waals surface area contributed by atoms with Crippen LogP contribution in [-0.2, 0) is 4.74 Å². The molecule has 1 atom stereocenters. The average Bonchev–Trinajstić information content (AvgIpc) is 1.98. The maximum absolute atomic E-state index is 8.23. The van der Waals surface area contributed by atoms with Gasteiger partial charge in [-0.3, -0.25) is 5.32 Å². The Morgan fingerprint density at radius 2 is 2.27 bits per heavy atom. The summed E-state index contributed by atoms with van der Waals surface area (Å²) in [7, 11) is 1.66. The van der Waals surface area contributed by atoms with Crippen LogP contribution in [0.25, 0.3) is 0 Å². The summed E-state index contributed by atoms with van der Waals surface area (Å²) in [6, 6.07) is 2.35. The van der Waals surface area contributed by atoms with Crippen LogP contribution in [0.3, 0.4) is 0 Å². The summed E-state index contributed by atoms with van der Waals surface area (Å²) >= 11 is 0. The number of nitrogens with one attached hydrogen (secondary N) is 1. The molecule has 0 spiro atoms. The largest absolute Gasteiger partial charge is 0.383 e. The molecule has 0 aliphatic rings. The highest BCUT2D eigenvalue weighted by Crippen LogP contribution is 1.89. The lowest BCUT2D eigenvalue weighted by Crippen LogP contribution is -2.32. The van der Waals surface area contributed by atoms with Crippen molar-refractivity contribution in [2.75, 3.05) is 20.3 Å². The fourth-order valence-corrected chi connectivity index (χ4v) is 0.712. The molecule has 0 aliphatic heterocycles. The van der Waals surface area contributed by atoms with Gasteiger partial charge in [0.1, 0.15) is 0 Å². The summed E-state index contributed by atoms with van der Waals surface area (Å²) in [6.07, 6.45) is 0.996. The normalized spacial score (nSPS) is 11.4. The van der Waals surface area contributed by atoms with Gasteiger partial charge in [0.25, 0.3) is 0 Å². The molecule has 0 saturated carbocycles. The minimum absolute atomic E-state index is 0. The minimum atomic E-state index is 0. The Kier molecular flexibility index (Phi) is 11.7. The van der Waals surface area contributed by atoms with Gasteiger partial charge in [-0.15, -0.1) is 12.4 Å². The SMILES string of the molecule is CCC(COC)NCC#N.Cl. The quantitative estimate of drug-likeness (QED) is 0.638. The number of nitriles is 1. The zero-order chi connectivity index (χ0) is 7.82. The van der Waals surface area contributed by atoms with Crippen molar-refractivity contribution in [1.29, 1.82) is 5.26 Å². The predicted octanol–water partition coefficient (Wildman–Crippen LogP) is 0.946. The standard InChI is InChI=1S/C7H14N2O.ClH/c1-3-7(6-10-2)9-5-4-8;/h7,9H,3,5-6H2,1-2H3;1H. The smallest absolute Gasteiger partial charge is 0.0843 e. The molecular formula is C7H15ClN2O. The number of nitrogens with zero attached hydrogens (tertiary/aromatic N) is 1. The lowest BCUT2D eigenvalue weighted by atomic mass is 10.2. The molecule has 0 bridgehead atoms. The van der Waals surface area contributed by atoms with Gasteiger partial charge in [0.05, 0.1) is 19.2 Å². The van der Waals surface area contributed by atoms with E-state index in [9.17, 15) is 0 Å². The van der Waals surface area contributed by atoms with Crippen LogP contribution in [0.2, 0.25) is 0 Å². The minimum Gasteiger partial charge on any atom is -0.383 e. The Labute approximate surface area is 74.1 Å². The summed E-state index contributed by atoms with van der Waals surface area (Å²) in [5.74, 6) is 0. The van der Waals surface area contributed by atoms with Gasteiger partial charge in [0.15, 0.2) is 0 Å². The molecule has 3 nitrogen and oxygen atoms in total. The van der Waals surface area contributed by atoms with Crippen molar-refractivity contribution in [3.05, 3.63) is 0 Å². The van der Waals surface area contributed by atoms with Gasteiger partial charge in [-0.2, -0.15) is 5.26 Å². The van der Waals surface area contributed by atoms with E-state index in [2.05, 4.69) is 12.2 Å². The zero-order valence-electron chi connectivity index (χ0n) is 6.96. The summed E-state index contributed by atoms with van der Waals surface area (Å²) in [6.45, 7) is 3.15. The molecular weight excluding hydrogens is 164 g/mol. The Bertz CT molecular complexity index is 113. The van der Waals surface area contributed by atoms with Crippen LogP contribution in [0.15, 0.2) is 0 Å². The van der Waals surface area contributed by atoms with Crippen LogP contribution < -0.4 is 5.32 Å². The lowest BCUT2D eigenvalue weighted by molar-refractivity contribution is 0.166. The van der Waals surface area contributed by atoms with Crippen molar-refractivity contribution < 1.29 is 4.74 Å². The molecule has 0 aromatic heterocycles. The lowest BCUT2D eigenvalue weighted by Gasteiger charge is -2.12. The molecule has 11 heavy (non-hydrogen) atoms. The van der Waals surface area contributed by atoms with Gasteiger partial charge in [-0.1, -0.05) is 6.92 Å². The first-order chi connectivity index (χ1) is 4.85. The van der Waals surface area contributed by atoms with Gasteiger partial charge in [0, 0.05) is 13.2 Å². The van der Waals surface area contributed by atoms with Crippen molar-refractivity contribution in [1.82, 2.24) is 5.32 Å². The third-order valence-electron chi connectivity index (χ3n) is 1.33. The van der Waals surface area contributed by atoms with Crippen LogP contribution >= 0.6 is 12.4 Å². The van der Waals surface area contributed by atoms with Crippen molar-refractivity contribution in [2.24, 2.45) is 0 Å². The molecule has 0 rings (SSSR count). The molecule has 1 unspecified atom stereocenters. The third-order valence-corrected chi connectivity index (χ3v) is 1.33. The highest BCUT2D eigenvalue weighted by atomic mass is 35.5. The first kappa shape index (κ1) is 13.3. The van der Waals surface area contributed by atoms with E-state index in [4.69, 9.17) is 10.00 Å². The molecule has 0 aliphatic carbocycles. The van der Waals surface area contributed by atoms with Crippen LogP contribution in [-0.4, -0.2) is 26.3 Å². The summed E-state index contributed by atoms with van der Waals surface area (Å²) in [5.41, 5.74) is 0. The molecule has 66 valence electrons. The van der Waals surface area contributed by atoms with E-state index in [1.807, 2.05) is 6.07 Å². The van der Waals surface area contributed by atoms with Gasteiger partial charge >= 0.3 is 0 Å². The molecule has 0 radical (unpaired) electrons. The number of ether oxygens (including phenoxy) is 1. The van der Waals surface area contributed by atoms with Gasteiger partial charge in [-0.25, -0.2) is 0 Å². The van der Waals surface area contributed by atoms with Gasteiger partial charge < -0.3 is 4.74 Å². The average molecular weight is 179 g/mol. The van der Waals surface area contributed by atoms with E-state index in [0.717, 1.165) is 6.42 Å². The van der Waals surface area contributed by atoms with Crippen LogP contribution in [0, 0.1) is 11.3 Å². The molecule has 0 fully saturated rings. The second-order valence-corrected chi connectivity index (χ2v) is 2.10. The molecule has 0 saturated heterocycles. The molecule has 0 aromatic carbocycles. The zero-order valence-corrected chi connectivity index (χ0v) is 7.78. The third kappa shape index (κ3) is 7.60. The van der Waals surface area contributed by atoms with Crippen LogP contribution in [0.4, 0.5) is 0 Å². The summed E-state index contributed by atoms with van der Waals surface area (Å²) in [4.78, 5) is 0. The van der Waals surface area contributed by atoms with E-state index in [0.29, 0.717) is 19.2 Å². The maximum atomic E-state index is 8.23. The van der Waals surface area contributed by atoms with Crippen molar-refractivity contribution in [2.45, 2.75) is 19.4 Å². The highest BCUT2D eigenvalue weighted by Gasteiger charge is 2.01. The van der Waals surface area contributed by atoms with Crippen molar-refractivity contribution in [3.8, 4) is 6.07 Å². The van der Waals surface area contributed by atoms with E-state index in [1.165, 1.54) is 0 Å². The van der Waals surface area contributed by atoms with E-state index < -0.39 is 0 Å². The number of hydrogen-bond acceptors (Lipinski definition) is 3. The molecule has 4 heteroatoms. The van der Waals surface area contributed by atoms with Gasteiger partial charge in [0.2, 0.25) is 0 Å². The second-order valence-electron chi connectivity index (χ2n) is 2.10. The van der Waals surface area contributed by atoms with Crippen LogP contribution in [0.5, 0.6) is 0 Å². The summed E-state index contributed by atoms with van der Waals surface area (Å²) in [5, 5.41) is 11.3. The Morgan fingerprint density at radius 1 is 1.64 bits per heavy atom. The molecule has 0 heterocycles. The molecule has 0 aromatic rings. The maximum Gasteiger partial charge on any atom is 0.0843 e. The van der Waals surface area contributed by atoms with Gasteiger partial charge in [-0.05, 0) is 6.42 Å². The Morgan fingerprint density at radius 3 is 2.64 bits per heavy atom. The number of methoxy groups -OCH3 is 1. The first-order valence-electron chi connectivity index (χ1n) is 3.44. The topological polar surface area (TPSA) is 45.0 Å². The Balaban J connectivity index is 0.